The Balaban J connectivity index is 2.52. The minimum Gasteiger partial charge on any atom is -0.487 e. The summed E-state index contributed by atoms with van der Waals surface area (Å²) in [5.74, 6) is -0.690. The number of nitriles is 1. The predicted octanol–water partition coefficient (Wildman–Crippen LogP) is 1.11. The molecular weight excluding hydrogens is 208 g/mol. The largest absolute Gasteiger partial charge is 0.487 e. The Morgan fingerprint density at radius 2 is 2.44 bits per heavy atom. The zero-order chi connectivity index (χ0) is 11.7. The van der Waals surface area contributed by atoms with Crippen LogP contribution in [-0.4, -0.2) is 30.8 Å². The van der Waals surface area contributed by atoms with Gasteiger partial charge in [-0.3, -0.25) is 0 Å². The second kappa shape index (κ2) is 3.74. The Bertz CT molecular complexity index is 479. The molecule has 1 atom stereocenters. The number of anilines is 1. The van der Waals surface area contributed by atoms with Crippen LogP contribution in [-0.2, 0) is 0 Å². The Hall–Kier alpha value is -2.22. The quantitative estimate of drug-likeness (QED) is 0.764. The van der Waals surface area contributed by atoms with Crippen LogP contribution in [0.2, 0.25) is 0 Å². The number of hydrogen-bond acceptors (Lipinski definition) is 4. The number of rotatable bonds is 1. The van der Waals surface area contributed by atoms with Gasteiger partial charge in [-0.25, -0.2) is 4.79 Å². The Kier molecular flexibility index (Phi) is 2.41. The molecule has 5 nitrogen and oxygen atoms in total. The summed E-state index contributed by atoms with van der Waals surface area (Å²) in [5, 5.41) is 17.9. The van der Waals surface area contributed by atoms with Crippen LogP contribution in [0.25, 0.3) is 0 Å². The lowest BCUT2D eigenvalue weighted by molar-refractivity contribution is 0.0691. The van der Waals surface area contributed by atoms with E-state index in [1.807, 2.05) is 0 Å². The monoisotopic (exact) mass is 218 g/mol. The van der Waals surface area contributed by atoms with Crippen molar-refractivity contribution in [2.45, 2.75) is 6.04 Å². The predicted molar refractivity (Wildman–Crippen MR) is 56.7 cm³/mol. The molecule has 1 aromatic rings. The molecule has 0 bridgehead atoms. The Morgan fingerprint density at radius 3 is 3.06 bits per heavy atom. The average Bonchev–Trinajstić information content (AvgIpc) is 2.29. The molecule has 0 aromatic heterocycles. The van der Waals surface area contributed by atoms with Crippen molar-refractivity contribution < 1.29 is 14.6 Å². The second-order valence-electron chi connectivity index (χ2n) is 3.53. The molecule has 0 saturated carbocycles. The van der Waals surface area contributed by atoms with E-state index in [-0.39, 0.29) is 18.2 Å². The van der Waals surface area contributed by atoms with Crippen LogP contribution in [0, 0.1) is 11.3 Å². The molecule has 0 saturated heterocycles. The van der Waals surface area contributed by atoms with Crippen molar-refractivity contribution in [1.29, 1.82) is 5.26 Å². The van der Waals surface area contributed by atoms with Gasteiger partial charge in [-0.15, -0.1) is 0 Å². The van der Waals surface area contributed by atoms with Gasteiger partial charge >= 0.3 is 5.97 Å². The first-order valence-corrected chi connectivity index (χ1v) is 4.76. The molecule has 82 valence electrons. The fraction of sp³-hybridized carbons (Fsp3) is 0.273. The Morgan fingerprint density at radius 1 is 1.69 bits per heavy atom. The minimum absolute atomic E-state index is 0.126. The number of aromatic carboxylic acids is 1. The number of para-hydroxylation sites is 1. The summed E-state index contributed by atoms with van der Waals surface area (Å²) in [6.45, 7) is 0.185. The fourth-order valence-corrected chi connectivity index (χ4v) is 1.69. The lowest BCUT2D eigenvalue weighted by Gasteiger charge is -2.32. The summed E-state index contributed by atoms with van der Waals surface area (Å²) in [4.78, 5) is 12.7. The molecule has 0 amide bonds. The first-order valence-electron chi connectivity index (χ1n) is 4.76. The van der Waals surface area contributed by atoms with Gasteiger partial charge in [0.15, 0.2) is 11.8 Å². The highest BCUT2D eigenvalue weighted by molar-refractivity contribution is 5.93. The molecule has 1 aromatic carbocycles. The van der Waals surface area contributed by atoms with Crippen molar-refractivity contribution in [3.8, 4) is 11.8 Å². The van der Waals surface area contributed by atoms with Crippen molar-refractivity contribution >= 4 is 11.7 Å². The maximum Gasteiger partial charge on any atom is 0.339 e. The number of hydrogen-bond donors (Lipinski definition) is 1. The van der Waals surface area contributed by atoms with Gasteiger partial charge in [-0.05, 0) is 12.1 Å². The molecule has 0 aliphatic carbocycles. The van der Waals surface area contributed by atoms with Gasteiger partial charge in [0, 0.05) is 7.05 Å². The first kappa shape index (κ1) is 10.3. The van der Waals surface area contributed by atoms with Gasteiger partial charge < -0.3 is 14.7 Å². The van der Waals surface area contributed by atoms with E-state index in [0.717, 1.165) is 0 Å². The molecule has 1 aliphatic heterocycles. The van der Waals surface area contributed by atoms with E-state index in [1.54, 1.807) is 24.1 Å². The van der Waals surface area contributed by atoms with Crippen molar-refractivity contribution in [2.24, 2.45) is 0 Å². The van der Waals surface area contributed by atoms with E-state index >= 15 is 0 Å². The standard InChI is InChI=1S/C11H10N2O3/c1-13-7(5-12)6-16-10-8(11(14)15)3-2-4-9(10)13/h2-4,7H,6H2,1H3,(H,14,15). The lowest BCUT2D eigenvalue weighted by Crippen LogP contribution is -2.39. The molecule has 2 rings (SSSR count). The highest BCUT2D eigenvalue weighted by Gasteiger charge is 2.27. The van der Waals surface area contributed by atoms with Crippen LogP contribution in [0.3, 0.4) is 0 Å². The van der Waals surface area contributed by atoms with E-state index in [2.05, 4.69) is 6.07 Å². The third kappa shape index (κ3) is 1.44. The number of carboxylic acid groups (broad SMARTS) is 1. The number of carboxylic acids is 1. The summed E-state index contributed by atoms with van der Waals surface area (Å²) < 4.78 is 5.34. The number of fused-ring (bicyclic) bond motifs is 1. The van der Waals surface area contributed by atoms with Crippen LogP contribution >= 0.6 is 0 Å². The zero-order valence-electron chi connectivity index (χ0n) is 8.67. The summed E-state index contributed by atoms with van der Waals surface area (Å²) in [5.41, 5.74) is 0.762. The molecular formula is C11H10N2O3. The van der Waals surface area contributed by atoms with E-state index in [9.17, 15) is 4.79 Å². The van der Waals surface area contributed by atoms with Gasteiger partial charge in [0.05, 0.1) is 11.8 Å². The molecule has 1 heterocycles. The molecule has 1 unspecified atom stereocenters. The summed E-state index contributed by atoms with van der Waals surface area (Å²) in [6.07, 6.45) is 0. The fourth-order valence-electron chi connectivity index (χ4n) is 1.69. The molecule has 5 heteroatoms. The van der Waals surface area contributed by atoms with Crippen molar-refractivity contribution in [2.75, 3.05) is 18.6 Å². The second-order valence-corrected chi connectivity index (χ2v) is 3.53. The number of benzene rings is 1. The number of ether oxygens (including phenoxy) is 1. The lowest BCUT2D eigenvalue weighted by atomic mass is 10.1. The highest BCUT2D eigenvalue weighted by atomic mass is 16.5. The number of nitrogens with zero attached hydrogens (tertiary/aromatic N) is 2. The van der Waals surface area contributed by atoms with Crippen molar-refractivity contribution in [3.05, 3.63) is 23.8 Å². The summed E-state index contributed by atoms with van der Waals surface area (Å²) in [6, 6.07) is 6.59. The minimum atomic E-state index is -1.03. The Labute approximate surface area is 92.5 Å². The van der Waals surface area contributed by atoms with E-state index in [1.165, 1.54) is 6.07 Å². The average molecular weight is 218 g/mol. The topological polar surface area (TPSA) is 73.6 Å². The molecule has 1 N–H and O–H groups in total. The van der Waals surface area contributed by atoms with Crippen LogP contribution in [0.5, 0.6) is 5.75 Å². The maximum absolute atomic E-state index is 11.0. The van der Waals surface area contributed by atoms with Crippen LogP contribution in [0.4, 0.5) is 5.69 Å². The third-order valence-corrected chi connectivity index (χ3v) is 2.61. The van der Waals surface area contributed by atoms with Gasteiger partial charge in [-0.2, -0.15) is 5.26 Å². The van der Waals surface area contributed by atoms with E-state index in [4.69, 9.17) is 15.1 Å². The van der Waals surface area contributed by atoms with Gasteiger partial charge in [-0.1, -0.05) is 6.07 Å². The molecule has 0 spiro atoms. The molecule has 1 aliphatic rings. The van der Waals surface area contributed by atoms with Gasteiger partial charge in [0.2, 0.25) is 0 Å². The molecule has 0 fully saturated rings. The number of carbonyl (C=O) groups is 1. The first-order chi connectivity index (χ1) is 7.65. The maximum atomic E-state index is 11.0. The summed E-state index contributed by atoms with van der Waals surface area (Å²) >= 11 is 0. The van der Waals surface area contributed by atoms with Gasteiger partial charge in [0.1, 0.15) is 12.2 Å². The zero-order valence-corrected chi connectivity index (χ0v) is 8.67. The molecule has 16 heavy (non-hydrogen) atoms. The molecule has 0 radical (unpaired) electrons. The van der Waals surface area contributed by atoms with Crippen LogP contribution < -0.4 is 9.64 Å². The van der Waals surface area contributed by atoms with Gasteiger partial charge in [0.25, 0.3) is 0 Å². The van der Waals surface area contributed by atoms with Crippen molar-refractivity contribution in [3.63, 3.8) is 0 Å². The smallest absolute Gasteiger partial charge is 0.339 e. The number of likely N-dealkylation sites (N-methyl/N-ethyl adjacent to an activating group) is 1. The SMILES string of the molecule is CN1c2cccc(C(=O)O)c2OCC1C#N. The normalized spacial score (nSPS) is 18.2. The van der Waals surface area contributed by atoms with Crippen molar-refractivity contribution in [1.82, 2.24) is 0 Å². The van der Waals surface area contributed by atoms with E-state index in [0.29, 0.717) is 11.4 Å². The van der Waals surface area contributed by atoms with Crippen LogP contribution in [0.15, 0.2) is 18.2 Å². The highest BCUT2D eigenvalue weighted by Crippen LogP contribution is 2.35. The third-order valence-electron chi connectivity index (χ3n) is 2.61. The van der Waals surface area contributed by atoms with Crippen LogP contribution in [0.1, 0.15) is 10.4 Å². The summed E-state index contributed by atoms with van der Waals surface area (Å²) in [7, 11) is 1.75. The van der Waals surface area contributed by atoms with E-state index < -0.39 is 5.97 Å².